The first-order valence-corrected chi connectivity index (χ1v) is 8.70. The standard InChI is InChI=1S/C20H16F3N3O2/c21-20(22,23)14-3-5-15(6-4-14)26-11-9-17(24-26)19(28)25-10-1-2-13-12-16(27)7-8-18(13)25/h3-9,11-12,27H,1-2,10H2. The van der Waals surface area contributed by atoms with Crippen molar-refractivity contribution in [3.05, 3.63) is 71.5 Å². The third kappa shape index (κ3) is 3.33. The summed E-state index contributed by atoms with van der Waals surface area (Å²) < 4.78 is 39.5. The molecule has 0 fully saturated rings. The van der Waals surface area contributed by atoms with Gasteiger partial charge in [0.05, 0.1) is 11.3 Å². The molecule has 0 bridgehead atoms. The van der Waals surface area contributed by atoms with Crippen LogP contribution in [-0.2, 0) is 12.6 Å². The van der Waals surface area contributed by atoms with Crippen molar-refractivity contribution in [2.75, 3.05) is 11.4 Å². The van der Waals surface area contributed by atoms with E-state index in [2.05, 4.69) is 5.10 Å². The molecule has 144 valence electrons. The first-order chi connectivity index (χ1) is 13.3. The summed E-state index contributed by atoms with van der Waals surface area (Å²) in [6.07, 6.45) is -1.33. The molecule has 0 atom stereocenters. The molecule has 1 amide bonds. The van der Waals surface area contributed by atoms with Crippen LogP contribution in [0.15, 0.2) is 54.7 Å². The van der Waals surface area contributed by atoms with Crippen molar-refractivity contribution in [1.29, 1.82) is 0 Å². The number of alkyl halides is 3. The highest BCUT2D eigenvalue weighted by Crippen LogP contribution is 2.31. The first kappa shape index (κ1) is 18.1. The number of aromatic hydroxyl groups is 1. The summed E-state index contributed by atoms with van der Waals surface area (Å²) in [5.41, 5.74) is 1.50. The lowest BCUT2D eigenvalue weighted by Crippen LogP contribution is -2.35. The van der Waals surface area contributed by atoms with E-state index in [4.69, 9.17) is 0 Å². The molecule has 1 aliphatic rings. The van der Waals surface area contributed by atoms with Crippen LogP contribution < -0.4 is 4.90 Å². The van der Waals surface area contributed by atoms with Crippen molar-refractivity contribution >= 4 is 11.6 Å². The number of hydrogen-bond donors (Lipinski definition) is 1. The fraction of sp³-hybridized carbons (Fsp3) is 0.200. The Morgan fingerprint density at radius 3 is 2.54 bits per heavy atom. The van der Waals surface area contributed by atoms with Crippen LogP contribution in [0.25, 0.3) is 5.69 Å². The molecule has 2 heterocycles. The molecule has 0 unspecified atom stereocenters. The zero-order chi connectivity index (χ0) is 19.9. The summed E-state index contributed by atoms with van der Waals surface area (Å²) in [6, 6.07) is 11.0. The number of fused-ring (bicyclic) bond motifs is 1. The van der Waals surface area contributed by atoms with Crippen LogP contribution in [-0.4, -0.2) is 27.3 Å². The molecule has 1 N–H and O–H groups in total. The van der Waals surface area contributed by atoms with Crippen molar-refractivity contribution < 1.29 is 23.1 Å². The lowest BCUT2D eigenvalue weighted by molar-refractivity contribution is -0.137. The Kier molecular flexibility index (Phi) is 4.33. The summed E-state index contributed by atoms with van der Waals surface area (Å²) in [4.78, 5) is 14.5. The third-order valence-corrected chi connectivity index (χ3v) is 4.69. The van der Waals surface area contributed by atoms with Crippen LogP contribution in [0.2, 0.25) is 0 Å². The molecular weight excluding hydrogens is 371 g/mol. The molecule has 0 saturated carbocycles. The zero-order valence-electron chi connectivity index (χ0n) is 14.6. The minimum Gasteiger partial charge on any atom is -0.508 e. The van der Waals surface area contributed by atoms with Crippen molar-refractivity contribution in [1.82, 2.24) is 9.78 Å². The average molecular weight is 387 g/mol. The number of phenolic OH excluding ortho intramolecular Hbond substituents is 1. The summed E-state index contributed by atoms with van der Waals surface area (Å²) in [5.74, 6) is -0.142. The van der Waals surface area contributed by atoms with Crippen molar-refractivity contribution in [2.45, 2.75) is 19.0 Å². The molecule has 28 heavy (non-hydrogen) atoms. The van der Waals surface area contributed by atoms with Crippen LogP contribution in [0.5, 0.6) is 5.75 Å². The predicted molar refractivity (Wildman–Crippen MR) is 96.7 cm³/mol. The third-order valence-electron chi connectivity index (χ3n) is 4.69. The number of phenols is 1. The minimum atomic E-state index is -4.40. The molecule has 3 aromatic rings. The van der Waals surface area contributed by atoms with Crippen molar-refractivity contribution in [2.24, 2.45) is 0 Å². The number of halogens is 3. The number of amides is 1. The van der Waals surface area contributed by atoms with E-state index in [1.54, 1.807) is 17.0 Å². The van der Waals surface area contributed by atoms with E-state index in [9.17, 15) is 23.1 Å². The van der Waals surface area contributed by atoms with Gasteiger partial charge in [-0.2, -0.15) is 18.3 Å². The van der Waals surface area contributed by atoms with Crippen LogP contribution in [0, 0.1) is 0 Å². The number of aromatic nitrogens is 2. The lowest BCUT2D eigenvalue weighted by atomic mass is 10.0. The summed E-state index contributed by atoms with van der Waals surface area (Å²) in [5, 5.41) is 13.9. The van der Waals surface area contributed by atoms with Crippen LogP contribution in [0.4, 0.5) is 18.9 Å². The predicted octanol–water partition coefficient (Wildman–Crippen LogP) is 4.19. The molecule has 0 spiro atoms. The number of anilines is 1. The van der Waals surface area contributed by atoms with Crippen LogP contribution >= 0.6 is 0 Å². The maximum Gasteiger partial charge on any atom is 0.416 e. The van der Waals surface area contributed by atoms with Gasteiger partial charge in [0.1, 0.15) is 5.75 Å². The number of hydrogen-bond acceptors (Lipinski definition) is 3. The normalized spacial score (nSPS) is 14.0. The van der Waals surface area contributed by atoms with Gasteiger partial charge in [-0.3, -0.25) is 4.79 Å². The van der Waals surface area contributed by atoms with Gasteiger partial charge in [0.25, 0.3) is 5.91 Å². The van der Waals surface area contributed by atoms with Gasteiger partial charge in [0, 0.05) is 18.4 Å². The highest BCUT2D eigenvalue weighted by atomic mass is 19.4. The molecular formula is C20H16F3N3O2. The quantitative estimate of drug-likeness (QED) is 0.717. The summed E-state index contributed by atoms with van der Waals surface area (Å²) >= 11 is 0. The van der Waals surface area contributed by atoms with E-state index in [1.807, 2.05) is 0 Å². The molecule has 4 rings (SSSR count). The second kappa shape index (κ2) is 6.70. The molecule has 1 aliphatic heterocycles. The monoisotopic (exact) mass is 387 g/mol. The molecule has 0 radical (unpaired) electrons. The Labute approximate surface area is 158 Å². The molecule has 8 heteroatoms. The Hall–Kier alpha value is -3.29. The Morgan fingerprint density at radius 1 is 1.07 bits per heavy atom. The average Bonchev–Trinajstić information content (AvgIpc) is 3.16. The van der Waals surface area contributed by atoms with E-state index >= 15 is 0 Å². The highest BCUT2D eigenvalue weighted by Gasteiger charge is 2.30. The van der Waals surface area contributed by atoms with E-state index in [0.29, 0.717) is 12.2 Å². The lowest BCUT2D eigenvalue weighted by Gasteiger charge is -2.29. The van der Waals surface area contributed by atoms with E-state index in [-0.39, 0.29) is 17.4 Å². The fourth-order valence-corrected chi connectivity index (χ4v) is 3.32. The van der Waals surface area contributed by atoms with Gasteiger partial charge in [0.2, 0.25) is 0 Å². The van der Waals surface area contributed by atoms with E-state index in [1.165, 1.54) is 35.1 Å². The van der Waals surface area contributed by atoms with Gasteiger partial charge >= 0.3 is 6.18 Å². The second-order valence-corrected chi connectivity index (χ2v) is 6.56. The number of rotatable bonds is 2. The molecule has 5 nitrogen and oxygen atoms in total. The number of nitrogens with zero attached hydrogens (tertiary/aromatic N) is 3. The zero-order valence-corrected chi connectivity index (χ0v) is 14.6. The first-order valence-electron chi connectivity index (χ1n) is 8.70. The van der Waals surface area contributed by atoms with Gasteiger partial charge in [0.15, 0.2) is 5.69 Å². The topological polar surface area (TPSA) is 58.4 Å². The Balaban J connectivity index is 1.59. The van der Waals surface area contributed by atoms with Gasteiger partial charge in [-0.05, 0) is 66.9 Å². The number of carbonyl (C=O) groups is 1. The van der Waals surface area contributed by atoms with Gasteiger partial charge in [-0.25, -0.2) is 4.68 Å². The molecule has 0 saturated heterocycles. The van der Waals surface area contributed by atoms with Gasteiger partial charge in [-0.15, -0.1) is 0 Å². The van der Waals surface area contributed by atoms with Crippen LogP contribution in [0.1, 0.15) is 28.0 Å². The summed E-state index contributed by atoms with van der Waals surface area (Å²) in [6.45, 7) is 0.531. The van der Waals surface area contributed by atoms with Crippen molar-refractivity contribution in [3.8, 4) is 11.4 Å². The van der Waals surface area contributed by atoms with Gasteiger partial charge in [-0.1, -0.05) is 0 Å². The van der Waals surface area contributed by atoms with E-state index < -0.39 is 11.7 Å². The number of aryl methyl sites for hydroxylation is 1. The maximum absolute atomic E-state index is 12.9. The molecule has 1 aromatic heterocycles. The Bertz CT molecular complexity index is 1030. The SMILES string of the molecule is O=C(c1ccn(-c2ccc(C(F)(F)F)cc2)n1)N1CCCc2cc(O)ccc21. The number of carbonyl (C=O) groups excluding carboxylic acids is 1. The largest absolute Gasteiger partial charge is 0.508 e. The minimum absolute atomic E-state index is 0.152. The molecule has 2 aromatic carbocycles. The van der Waals surface area contributed by atoms with Gasteiger partial charge < -0.3 is 10.0 Å². The fourth-order valence-electron chi connectivity index (χ4n) is 3.32. The number of benzene rings is 2. The Morgan fingerprint density at radius 2 is 1.82 bits per heavy atom. The second-order valence-electron chi connectivity index (χ2n) is 6.56. The van der Waals surface area contributed by atoms with Crippen molar-refractivity contribution in [3.63, 3.8) is 0 Å². The smallest absolute Gasteiger partial charge is 0.416 e. The van der Waals surface area contributed by atoms with Crippen LogP contribution in [0.3, 0.4) is 0 Å². The summed E-state index contributed by atoms with van der Waals surface area (Å²) in [7, 11) is 0. The molecule has 0 aliphatic carbocycles. The maximum atomic E-state index is 12.9. The van der Waals surface area contributed by atoms with E-state index in [0.717, 1.165) is 36.2 Å². The highest BCUT2D eigenvalue weighted by molar-refractivity contribution is 6.05.